The molecule has 1 amide bonds. The summed E-state index contributed by atoms with van der Waals surface area (Å²) in [5.41, 5.74) is 0.804. The van der Waals surface area contributed by atoms with Crippen molar-refractivity contribution in [3.63, 3.8) is 0 Å². The fourth-order valence-corrected chi connectivity index (χ4v) is 1.14. The quantitative estimate of drug-likeness (QED) is 0.625. The van der Waals surface area contributed by atoms with E-state index in [0.717, 1.165) is 9.26 Å². The second kappa shape index (κ2) is 3.55. The van der Waals surface area contributed by atoms with Crippen LogP contribution >= 0.6 is 22.6 Å². The highest BCUT2D eigenvalue weighted by molar-refractivity contribution is 14.1. The highest BCUT2D eigenvalue weighted by Crippen LogP contribution is 2.15. The molecule has 0 fully saturated rings. The smallest absolute Gasteiger partial charge is 0.314 e. The van der Waals surface area contributed by atoms with Gasteiger partial charge in [0.1, 0.15) is 0 Å². The molecule has 1 rings (SSSR count). The van der Waals surface area contributed by atoms with Crippen molar-refractivity contribution in [1.82, 2.24) is 0 Å². The van der Waals surface area contributed by atoms with Gasteiger partial charge in [-0.05, 0) is 34.7 Å². The molecule has 0 spiro atoms. The fourth-order valence-electron chi connectivity index (χ4n) is 0.618. The van der Waals surface area contributed by atoms with Crippen molar-refractivity contribution in [3.8, 4) is 0 Å². The molecule has 51 valence electrons. The molecular formula is C7H5INO. The van der Waals surface area contributed by atoms with Crippen LogP contribution in [-0.2, 0) is 4.79 Å². The molecule has 0 aromatic heterocycles. The van der Waals surface area contributed by atoms with E-state index in [1.807, 2.05) is 24.3 Å². The average Bonchev–Trinajstić information content (AvgIpc) is 1.94. The number of hydrogen-bond donors (Lipinski definition) is 1. The Hall–Kier alpha value is -0.580. The number of amides is 1. The van der Waals surface area contributed by atoms with Gasteiger partial charge in [0.25, 0.3) is 0 Å². The summed E-state index contributed by atoms with van der Waals surface area (Å²) in [6.45, 7) is 0. The Morgan fingerprint density at radius 3 is 2.70 bits per heavy atom. The number of rotatable bonds is 2. The number of carbonyl (C=O) groups excluding carboxylic acids is 1. The van der Waals surface area contributed by atoms with Crippen molar-refractivity contribution in [1.29, 1.82) is 0 Å². The molecule has 0 aliphatic heterocycles. The molecule has 1 N–H and O–H groups in total. The largest absolute Gasteiger partial charge is 0.317 e. The standard InChI is InChI=1S/C7H5INO/c8-6-3-1-2-4-7(6)9-5-10/h1-4H,(H,9,10). The molecule has 1 aromatic carbocycles. The lowest BCUT2D eigenvalue weighted by Crippen LogP contribution is -1.94. The van der Waals surface area contributed by atoms with Crippen molar-refractivity contribution >= 4 is 34.7 Å². The van der Waals surface area contributed by atoms with Crippen molar-refractivity contribution < 1.29 is 4.79 Å². The Labute approximate surface area is 72.8 Å². The minimum absolute atomic E-state index is 0.804. The van der Waals surface area contributed by atoms with Gasteiger partial charge in [0.15, 0.2) is 0 Å². The van der Waals surface area contributed by atoms with E-state index in [1.54, 1.807) is 6.41 Å². The third-order valence-electron chi connectivity index (χ3n) is 1.06. The predicted molar refractivity (Wildman–Crippen MR) is 48.5 cm³/mol. The van der Waals surface area contributed by atoms with Crippen LogP contribution in [0.15, 0.2) is 24.3 Å². The van der Waals surface area contributed by atoms with Gasteiger partial charge in [-0.1, -0.05) is 12.1 Å². The zero-order valence-electron chi connectivity index (χ0n) is 5.10. The molecular weight excluding hydrogens is 241 g/mol. The Balaban J connectivity index is 2.91. The molecule has 0 saturated heterocycles. The SMILES string of the molecule is O=[C]Nc1ccccc1I. The number of hydrogen-bond acceptors (Lipinski definition) is 1. The van der Waals surface area contributed by atoms with Crippen LogP contribution in [0.2, 0.25) is 0 Å². The Morgan fingerprint density at radius 1 is 1.40 bits per heavy atom. The highest BCUT2D eigenvalue weighted by Gasteiger charge is 1.93. The van der Waals surface area contributed by atoms with E-state index < -0.39 is 0 Å². The molecule has 0 aliphatic rings. The first-order chi connectivity index (χ1) is 4.84. The summed E-state index contributed by atoms with van der Waals surface area (Å²) in [6.07, 6.45) is 1.62. The number of anilines is 1. The minimum Gasteiger partial charge on any atom is -0.317 e. The second-order valence-electron chi connectivity index (χ2n) is 1.71. The van der Waals surface area contributed by atoms with Gasteiger partial charge in [-0.2, -0.15) is 0 Å². The van der Waals surface area contributed by atoms with E-state index in [2.05, 4.69) is 27.9 Å². The van der Waals surface area contributed by atoms with Gasteiger partial charge in [0, 0.05) is 3.57 Å². The van der Waals surface area contributed by atoms with E-state index in [-0.39, 0.29) is 0 Å². The summed E-state index contributed by atoms with van der Waals surface area (Å²) in [6, 6.07) is 7.52. The van der Waals surface area contributed by atoms with Crippen LogP contribution in [0.3, 0.4) is 0 Å². The van der Waals surface area contributed by atoms with Gasteiger partial charge in [-0.3, -0.25) is 4.79 Å². The second-order valence-corrected chi connectivity index (χ2v) is 2.87. The van der Waals surface area contributed by atoms with E-state index in [1.165, 1.54) is 0 Å². The van der Waals surface area contributed by atoms with Gasteiger partial charge < -0.3 is 5.32 Å². The molecule has 0 heterocycles. The maximum atomic E-state index is 9.89. The molecule has 2 nitrogen and oxygen atoms in total. The van der Waals surface area contributed by atoms with Crippen LogP contribution in [0.4, 0.5) is 5.69 Å². The molecule has 10 heavy (non-hydrogen) atoms. The number of para-hydroxylation sites is 1. The Morgan fingerprint density at radius 2 is 2.10 bits per heavy atom. The van der Waals surface area contributed by atoms with Crippen molar-refractivity contribution in [2.75, 3.05) is 5.32 Å². The van der Waals surface area contributed by atoms with Crippen LogP contribution in [0.25, 0.3) is 0 Å². The first-order valence-electron chi connectivity index (χ1n) is 2.72. The lowest BCUT2D eigenvalue weighted by Gasteiger charge is -1.98. The summed E-state index contributed by atoms with van der Waals surface area (Å²) in [7, 11) is 0. The number of nitrogens with one attached hydrogen (secondary N) is 1. The zero-order valence-corrected chi connectivity index (χ0v) is 7.25. The molecule has 1 aromatic rings. The van der Waals surface area contributed by atoms with Crippen molar-refractivity contribution in [2.45, 2.75) is 0 Å². The summed E-state index contributed by atoms with van der Waals surface area (Å²) in [4.78, 5) is 9.89. The van der Waals surface area contributed by atoms with E-state index in [9.17, 15) is 4.79 Å². The normalized spacial score (nSPS) is 8.90. The monoisotopic (exact) mass is 246 g/mol. The van der Waals surface area contributed by atoms with Gasteiger partial charge >= 0.3 is 6.41 Å². The molecule has 0 unspecified atom stereocenters. The van der Waals surface area contributed by atoms with Crippen LogP contribution in [-0.4, -0.2) is 6.41 Å². The van der Waals surface area contributed by atoms with Crippen molar-refractivity contribution in [2.24, 2.45) is 0 Å². The molecule has 0 atom stereocenters. The maximum Gasteiger partial charge on any atom is 0.314 e. The topological polar surface area (TPSA) is 29.1 Å². The first kappa shape index (κ1) is 7.53. The lowest BCUT2D eigenvalue weighted by atomic mass is 10.3. The summed E-state index contributed by atoms with van der Waals surface area (Å²) in [5.74, 6) is 0. The molecule has 0 bridgehead atoms. The van der Waals surface area contributed by atoms with Crippen molar-refractivity contribution in [3.05, 3.63) is 27.8 Å². The van der Waals surface area contributed by atoms with Gasteiger partial charge in [0.05, 0.1) is 5.69 Å². The van der Waals surface area contributed by atoms with Crippen LogP contribution in [0.5, 0.6) is 0 Å². The number of halogens is 1. The van der Waals surface area contributed by atoms with E-state index >= 15 is 0 Å². The minimum atomic E-state index is 0.804. The maximum absolute atomic E-state index is 9.89. The molecule has 0 saturated carbocycles. The Bertz CT molecular complexity index is 237. The summed E-state index contributed by atoms with van der Waals surface area (Å²) < 4.78 is 1.02. The average molecular weight is 246 g/mol. The lowest BCUT2D eigenvalue weighted by molar-refractivity contribution is 0.561. The van der Waals surface area contributed by atoms with E-state index in [4.69, 9.17) is 0 Å². The molecule has 1 radical (unpaired) electrons. The zero-order chi connectivity index (χ0) is 7.40. The summed E-state index contributed by atoms with van der Waals surface area (Å²) >= 11 is 2.14. The number of benzene rings is 1. The Kier molecular flexibility index (Phi) is 2.68. The van der Waals surface area contributed by atoms with Gasteiger partial charge in [-0.25, -0.2) is 0 Å². The third kappa shape index (κ3) is 1.70. The van der Waals surface area contributed by atoms with Crippen LogP contribution < -0.4 is 5.32 Å². The molecule has 0 aliphatic carbocycles. The van der Waals surface area contributed by atoms with Crippen LogP contribution in [0.1, 0.15) is 0 Å². The van der Waals surface area contributed by atoms with E-state index in [0.29, 0.717) is 0 Å². The van der Waals surface area contributed by atoms with Gasteiger partial charge in [0.2, 0.25) is 0 Å². The first-order valence-corrected chi connectivity index (χ1v) is 3.80. The predicted octanol–water partition coefficient (Wildman–Crippen LogP) is 1.77. The van der Waals surface area contributed by atoms with Crippen LogP contribution in [0, 0.1) is 3.57 Å². The third-order valence-corrected chi connectivity index (χ3v) is 2.00. The highest BCUT2D eigenvalue weighted by atomic mass is 127. The van der Waals surface area contributed by atoms with Gasteiger partial charge in [-0.15, -0.1) is 0 Å². The molecule has 3 heteroatoms. The summed E-state index contributed by atoms with van der Waals surface area (Å²) in [5, 5.41) is 2.46. The fraction of sp³-hybridized carbons (Fsp3) is 0.